The molecule has 0 saturated heterocycles. The molecule has 0 amide bonds. The largest absolute Gasteiger partial charge is 0.310 e. The van der Waals surface area contributed by atoms with Gasteiger partial charge < -0.3 is 5.32 Å². The highest BCUT2D eigenvalue weighted by Gasteiger charge is 2.12. The van der Waals surface area contributed by atoms with Crippen molar-refractivity contribution in [3.63, 3.8) is 0 Å². The number of rotatable bonds is 3. The van der Waals surface area contributed by atoms with Gasteiger partial charge in [0, 0.05) is 17.6 Å². The Labute approximate surface area is 97.8 Å². The van der Waals surface area contributed by atoms with E-state index in [1.54, 1.807) is 0 Å². The normalized spacial score (nSPS) is 13.9. The van der Waals surface area contributed by atoms with Crippen molar-refractivity contribution in [2.75, 3.05) is 6.54 Å². The van der Waals surface area contributed by atoms with Crippen LogP contribution in [0.3, 0.4) is 0 Å². The molecule has 0 heterocycles. The second kappa shape index (κ2) is 5.00. The standard InChI is InChI=1S/C13H20ClN/c1-10(15-9-13(2,3)4)11-5-7-12(14)8-6-11/h5-8,10,15H,9H2,1-4H3. The minimum absolute atomic E-state index is 0.320. The number of nitrogens with one attached hydrogen (secondary N) is 1. The van der Waals surface area contributed by atoms with Gasteiger partial charge in [0.15, 0.2) is 0 Å². The highest BCUT2D eigenvalue weighted by molar-refractivity contribution is 6.30. The third-order valence-corrected chi connectivity index (χ3v) is 2.56. The van der Waals surface area contributed by atoms with Crippen LogP contribution in [-0.4, -0.2) is 6.54 Å². The molecule has 1 unspecified atom stereocenters. The van der Waals surface area contributed by atoms with Gasteiger partial charge in [-0.25, -0.2) is 0 Å². The number of halogens is 1. The molecule has 0 spiro atoms. The molecule has 0 aliphatic heterocycles. The van der Waals surface area contributed by atoms with Crippen molar-refractivity contribution in [1.82, 2.24) is 5.32 Å². The maximum atomic E-state index is 5.85. The Bertz CT molecular complexity index is 297. The Morgan fingerprint density at radius 2 is 1.73 bits per heavy atom. The molecule has 1 N–H and O–H groups in total. The summed E-state index contributed by atoms with van der Waals surface area (Å²) in [5, 5.41) is 4.31. The van der Waals surface area contributed by atoms with Crippen molar-refractivity contribution in [3.8, 4) is 0 Å². The summed E-state index contributed by atoms with van der Waals surface area (Å²) < 4.78 is 0. The summed E-state index contributed by atoms with van der Waals surface area (Å²) in [6, 6.07) is 8.39. The summed E-state index contributed by atoms with van der Waals surface area (Å²) in [5.41, 5.74) is 1.60. The predicted molar refractivity (Wildman–Crippen MR) is 67.3 cm³/mol. The first kappa shape index (κ1) is 12.5. The van der Waals surface area contributed by atoms with Crippen LogP contribution in [0, 0.1) is 5.41 Å². The molecule has 0 aliphatic rings. The zero-order valence-electron chi connectivity index (χ0n) is 9.97. The lowest BCUT2D eigenvalue weighted by Crippen LogP contribution is -2.29. The van der Waals surface area contributed by atoms with Crippen molar-refractivity contribution in [2.24, 2.45) is 5.41 Å². The lowest BCUT2D eigenvalue weighted by molar-refractivity contribution is 0.359. The van der Waals surface area contributed by atoms with E-state index in [0.29, 0.717) is 11.5 Å². The quantitative estimate of drug-likeness (QED) is 0.819. The van der Waals surface area contributed by atoms with Crippen LogP contribution in [0.5, 0.6) is 0 Å². The van der Waals surface area contributed by atoms with Crippen molar-refractivity contribution < 1.29 is 0 Å². The summed E-state index contributed by atoms with van der Waals surface area (Å²) in [4.78, 5) is 0. The monoisotopic (exact) mass is 225 g/mol. The summed E-state index contributed by atoms with van der Waals surface area (Å²) in [5.74, 6) is 0. The van der Waals surface area contributed by atoms with E-state index >= 15 is 0 Å². The molecule has 0 bridgehead atoms. The van der Waals surface area contributed by atoms with E-state index in [9.17, 15) is 0 Å². The highest BCUT2D eigenvalue weighted by Crippen LogP contribution is 2.18. The molecule has 0 saturated carbocycles. The van der Waals surface area contributed by atoms with E-state index in [4.69, 9.17) is 11.6 Å². The van der Waals surface area contributed by atoms with Gasteiger partial charge in [0.05, 0.1) is 0 Å². The van der Waals surface area contributed by atoms with Crippen LogP contribution < -0.4 is 5.32 Å². The molecule has 1 rings (SSSR count). The maximum Gasteiger partial charge on any atom is 0.0406 e. The second-order valence-electron chi connectivity index (χ2n) is 5.21. The first-order valence-corrected chi connectivity index (χ1v) is 5.75. The SMILES string of the molecule is CC(NCC(C)(C)C)c1ccc(Cl)cc1. The molecule has 15 heavy (non-hydrogen) atoms. The molecule has 84 valence electrons. The van der Waals surface area contributed by atoms with E-state index in [2.05, 4.69) is 45.1 Å². The van der Waals surface area contributed by atoms with Crippen LogP contribution in [-0.2, 0) is 0 Å². The average molecular weight is 226 g/mol. The van der Waals surface area contributed by atoms with E-state index in [0.717, 1.165) is 11.6 Å². The van der Waals surface area contributed by atoms with Crippen LogP contribution in [0.4, 0.5) is 0 Å². The van der Waals surface area contributed by atoms with Gasteiger partial charge in [-0.1, -0.05) is 44.5 Å². The van der Waals surface area contributed by atoms with Crippen molar-refractivity contribution in [3.05, 3.63) is 34.9 Å². The smallest absolute Gasteiger partial charge is 0.0406 e. The fourth-order valence-electron chi connectivity index (χ4n) is 1.33. The third-order valence-electron chi connectivity index (χ3n) is 2.31. The molecular formula is C13H20ClN. The Morgan fingerprint density at radius 1 is 1.20 bits per heavy atom. The molecule has 0 radical (unpaired) electrons. The molecule has 1 atom stereocenters. The van der Waals surface area contributed by atoms with Crippen molar-refractivity contribution in [2.45, 2.75) is 33.7 Å². The fraction of sp³-hybridized carbons (Fsp3) is 0.538. The second-order valence-corrected chi connectivity index (χ2v) is 5.65. The summed E-state index contributed by atoms with van der Waals surface area (Å²) >= 11 is 5.85. The van der Waals surface area contributed by atoms with Gasteiger partial charge in [0.1, 0.15) is 0 Å². The third kappa shape index (κ3) is 4.67. The van der Waals surface area contributed by atoms with Crippen LogP contribution in [0.15, 0.2) is 24.3 Å². The van der Waals surface area contributed by atoms with Crippen molar-refractivity contribution >= 4 is 11.6 Å². The summed E-state index contributed by atoms with van der Waals surface area (Å²) in [6.45, 7) is 9.88. The minimum atomic E-state index is 0.320. The maximum absolute atomic E-state index is 5.85. The van der Waals surface area contributed by atoms with E-state index in [-0.39, 0.29) is 0 Å². The summed E-state index contributed by atoms with van der Waals surface area (Å²) in [7, 11) is 0. The van der Waals surface area contributed by atoms with Gasteiger partial charge in [-0.05, 0) is 30.0 Å². The Hall–Kier alpha value is -0.530. The van der Waals surface area contributed by atoms with Gasteiger partial charge in [-0.15, -0.1) is 0 Å². The fourth-order valence-corrected chi connectivity index (χ4v) is 1.45. The molecule has 1 aromatic carbocycles. The predicted octanol–water partition coefficient (Wildman–Crippen LogP) is 4.04. The topological polar surface area (TPSA) is 12.0 Å². The van der Waals surface area contributed by atoms with E-state index in [1.165, 1.54) is 5.56 Å². The van der Waals surface area contributed by atoms with Gasteiger partial charge in [0.25, 0.3) is 0 Å². The Morgan fingerprint density at radius 3 is 2.20 bits per heavy atom. The Kier molecular flexibility index (Phi) is 4.18. The van der Waals surface area contributed by atoms with Crippen molar-refractivity contribution in [1.29, 1.82) is 0 Å². The molecule has 0 fully saturated rings. The number of benzene rings is 1. The van der Waals surface area contributed by atoms with Gasteiger partial charge >= 0.3 is 0 Å². The van der Waals surface area contributed by atoms with Gasteiger partial charge in [-0.2, -0.15) is 0 Å². The summed E-state index contributed by atoms with van der Waals surface area (Å²) in [6.07, 6.45) is 0. The van der Waals surface area contributed by atoms with Crippen LogP contribution >= 0.6 is 11.6 Å². The first-order valence-electron chi connectivity index (χ1n) is 5.37. The van der Waals surface area contributed by atoms with Crippen LogP contribution in [0.2, 0.25) is 5.02 Å². The number of hydrogen-bond acceptors (Lipinski definition) is 1. The van der Waals surface area contributed by atoms with Gasteiger partial charge in [-0.3, -0.25) is 0 Å². The van der Waals surface area contributed by atoms with Crippen LogP contribution in [0.1, 0.15) is 39.3 Å². The van der Waals surface area contributed by atoms with Crippen LogP contribution in [0.25, 0.3) is 0 Å². The molecule has 1 nitrogen and oxygen atoms in total. The lowest BCUT2D eigenvalue weighted by atomic mass is 9.96. The number of hydrogen-bond donors (Lipinski definition) is 1. The molecular weight excluding hydrogens is 206 g/mol. The molecule has 0 aliphatic carbocycles. The van der Waals surface area contributed by atoms with E-state index < -0.39 is 0 Å². The highest BCUT2D eigenvalue weighted by atomic mass is 35.5. The van der Waals surface area contributed by atoms with Gasteiger partial charge in [0.2, 0.25) is 0 Å². The Balaban J connectivity index is 2.54. The zero-order chi connectivity index (χ0) is 11.5. The molecule has 0 aromatic heterocycles. The lowest BCUT2D eigenvalue weighted by Gasteiger charge is -2.22. The minimum Gasteiger partial charge on any atom is -0.310 e. The zero-order valence-corrected chi connectivity index (χ0v) is 10.7. The first-order chi connectivity index (χ1) is 6.88. The van der Waals surface area contributed by atoms with E-state index in [1.807, 2.05) is 12.1 Å². The average Bonchev–Trinajstić information content (AvgIpc) is 2.14. The molecule has 2 heteroatoms. The molecule has 1 aromatic rings.